The molecule has 1 aromatic rings. The average molecular weight is 381 g/mol. The van der Waals surface area contributed by atoms with E-state index in [-0.39, 0.29) is 23.8 Å². The lowest BCUT2D eigenvalue weighted by Crippen LogP contribution is -2.47. The minimum Gasteiger partial charge on any atom is -0.480 e. The average Bonchev–Trinajstić information content (AvgIpc) is 2.88. The summed E-state index contributed by atoms with van der Waals surface area (Å²) < 4.78 is 11.7. The molecule has 0 bridgehead atoms. The molecule has 0 spiro atoms. The van der Waals surface area contributed by atoms with Crippen LogP contribution in [-0.4, -0.2) is 61.0 Å². The van der Waals surface area contributed by atoms with Gasteiger partial charge in [0.2, 0.25) is 5.91 Å². The summed E-state index contributed by atoms with van der Waals surface area (Å²) in [5.74, 6) is 0.472. The van der Waals surface area contributed by atoms with Crippen molar-refractivity contribution in [2.24, 2.45) is 0 Å². The Hall–Kier alpha value is -1.79. The van der Waals surface area contributed by atoms with Crippen molar-refractivity contribution in [2.75, 3.05) is 32.1 Å². The van der Waals surface area contributed by atoms with Crippen LogP contribution in [0, 0.1) is 13.8 Å². The summed E-state index contributed by atoms with van der Waals surface area (Å²) in [4.78, 5) is 26.1. The van der Waals surface area contributed by atoms with Gasteiger partial charge in [-0.25, -0.2) is 0 Å². The van der Waals surface area contributed by atoms with Crippen LogP contribution in [0.25, 0.3) is 0 Å². The van der Waals surface area contributed by atoms with Gasteiger partial charge in [-0.15, -0.1) is 11.6 Å². The van der Waals surface area contributed by atoms with E-state index in [1.54, 1.807) is 4.90 Å². The minimum atomic E-state index is -0.484. The molecule has 3 rings (SSSR count). The van der Waals surface area contributed by atoms with Crippen molar-refractivity contribution in [1.29, 1.82) is 0 Å². The van der Waals surface area contributed by atoms with Crippen LogP contribution in [0.4, 0.5) is 0 Å². The molecular weight excluding hydrogens is 356 g/mol. The quantitative estimate of drug-likeness (QED) is 0.805. The van der Waals surface area contributed by atoms with Crippen molar-refractivity contribution in [3.05, 3.63) is 28.8 Å². The zero-order chi connectivity index (χ0) is 18.7. The Labute approximate surface area is 158 Å². The third kappa shape index (κ3) is 4.30. The highest BCUT2D eigenvalue weighted by atomic mass is 35.5. The number of amides is 2. The topological polar surface area (TPSA) is 67.9 Å². The van der Waals surface area contributed by atoms with Crippen molar-refractivity contribution < 1.29 is 19.1 Å². The number of halogens is 1. The number of ether oxygens (including phenoxy) is 2. The lowest BCUT2D eigenvalue weighted by Gasteiger charge is -2.26. The van der Waals surface area contributed by atoms with E-state index >= 15 is 0 Å². The predicted octanol–water partition coefficient (Wildman–Crippen LogP) is 1.58. The minimum absolute atomic E-state index is 0.0179. The lowest BCUT2D eigenvalue weighted by molar-refractivity contribution is -0.138. The first-order valence-corrected chi connectivity index (χ1v) is 9.51. The SMILES string of the molecule is Cc1cc2c(cc1C)OC(C(=O)N1CCCOC(CNC(=O)CCl)C1)C2. The van der Waals surface area contributed by atoms with Crippen LogP contribution in [0.5, 0.6) is 5.75 Å². The van der Waals surface area contributed by atoms with Gasteiger partial charge >= 0.3 is 0 Å². The predicted molar refractivity (Wildman–Crippen MR) is 98.7 cm³/mol. The van der Waals surface area contributed by atoms with Crippen molar-refractivity contribution in [1.82, 2.24) is 10.2 Å². The number of nitrogens with one attached hydrogen (secondary N) is 1. The van der Waals surface area contributed by atoms with E-state index < -0.39 is 6.10 Å². The normalized spacial score (nSPS) is 22.3. The fourth-order valence-corrected chi connectivity index (χ4v) is 3.44. The van der Waals surface area contributed by atoms with Crippen LogP contribution >= 0.6 is 11.6 Å². The molecule has 1 aromatic carbocycles. The third-order valence-corrected chi connectivity index (χ3v) is 5.18. The van der Waals surface area contributed by atoms with Crippen molar-refractivity contribution in [3.8, 4) is 5.75 Å². The summed E-state index contributed by atoms with van der Waals surface area (Å²) in [5, 5.41) is 2.72. The number of fused-ring (bicyclic) bond motifs is 1. The van der Waals surface area contributed by atoms with Crippen LogP contribution in [0.2, 0.25) is 0 Å². The van der Waals surface area contributed by atoms with Crippen molar-refractivity contribution in [3.63, 3.8) is 0 Å². The summed E-state index contributed by atoms with van der Waals surface area (Å²) in [6.45, 7) is 6.09. The number of benzene rings is 1. The molecule has 0 aliphatic carbocycles. The van der Waals surface area contributed by atoms with E-state index in [0.717, 1.165) is 23.3 Å². The molecule has 6 nitrogen and oxygen atoms in total. The molecule has 1 N–H and O–H groups in total. The monoisotopic (exact) mass is 380 g/mol. The summed E-state index contributed by atoms with van der Waals surface area (Å²) in [6, 6.07) is 4.11. The van der Waals surface area contributed by atoms with E-state index in [4.69, 9.17) is 21.1 Å². The molecule has 2 amide bonds. The fourth-order valence-electron chi connectivity index (χ4n) is 3.35. The Bertz CT molecular complexity index is 663. The molecule has 2 atom stereocenters. The second kappa shape index (κ2) is 8.27. The Morgan fingerprint density at radius 3 is 2.85 bits per heavy atom. The first-order chi connectivity index (χ1) is 12.5. The van der Waals surface area contributed by atoms with Gasteiger partial charge in [-0.05, 0) is 43.0 Å². The zero-order valence-electron chi connectivity index (χ0n) is 15.2. The van der Waals surface area contributed by atoms with Crippen LogP contribution in [0.15, 0.2) is 12.1 Å². The summed E-state index contributed by atoms with van der Waals surface area (Å²) >= 11 is 5.50. The van der Waals surface area contributed by atoms with E-state index in [1.807, 2.05) is 13.0 Å². The first-order valence-electron chi connectivity index (χ1n) is 8.97. The molecular formula is C19H25ClN2O4. The van der Waals surface area contributed by atoms with Gasteiger partial charge < -0.3 is 19.7 Å². The van der Waals surface area contributed by atoms with E-state index in [0.29, 0.717) is 32.7 Å². The summed E-state index contributed by atoms with van der Waals surface area (Å²) in [6.07, 6.45) is 0.647. The van der Waals surface area contributed by atoms with Crippen LogP contribution in [-0.2, 0) is 20.7 Å². The summed E-state index contributed by atoms with van der Waals surface area (Å²) in [5.41, 5.74) is 3.46. The maximum Gasteiger partial charge on any atom is 0.264 e. The number of carbonyl (C=O) groups is 2. The van der Waals surface area contributed by atoms with Gasteiger partial charge in [-0.1, -0.05) is 6.07 Å². The second-order valence-corrected chi connectivity index (χ2v) is 7.19. The largest absolute Gasteiger partial charge is 0.480 e. The first kappa shape index (κ1) is 19.0. The standard InChI is InChI=1S/C19H25ClN2O4/c1-12-6-14-8-17(26-16(14)7-13(12)2)19(24)22-4-3-5-25-15(11-22)10-21-18(23)9-20/h6-7,15,17H,3-5,8-11H2,1-2H3,(H,21,23). The van der Waals surface area contributed by atoms with Gasteiger partial charge in [0.05, 0.1) is 6.10 Å². The number of carbonyl (C=O) groups excluding carboxylic acids is 2. The van der Waals surface area contributed by atoms with Crippen molar-refractivity contribution >= 4 is 23.4 Å². The highest BCUT2D eigenvalue weighted by molar-refractivity contribution is 6.27. The van der Waals surface area contributed by atoms with E-state index in [9.17, 15) is 9.59 Å². The number of hydrogen-bond donors (Lipinski definition) is 1. The highest BCUT2D eigenvalue weighted by Crippen LogP contribution is 2.32. The molecule has 142 valence electrons. The van der Waals surface area contributed by atoms with E-state index in [2.05, 4.69) is 18.3 Å². The Balaban J connectivity index is 1.62. The van der Waals surface area contributed by atoms with Gasteiger partial charge in [-0.3, -0.25) is 9.59 Å². The Kier molecular flexibility index (Phi) is 6.04. The molecule has 2 heterocycles. The molecule has 2 aliphatic rings. The fraction of sp³-hybridized carbons (Fsp3) is 0.579. The maximum absolute atomic E-state index is 13.0. The Morgan fingerprint density at radius 1 is 1.31 bits per heavy atom. The molecule has 2 aliphatic heterocycles. The number of alkyl halides is 1. The number of rotatable bonds is 4. The van der Waals surface area contributed by atoms with Crippen LogP contribution < -0.4 is 10.1 Å². The lowest BCUT2D eigenvalue weighted by atomic mass is 10.0. The zero-order valence-corrected chi connectivity index (χ0v) is 16.0. The molecule has 0 saturated carbocycles. The highest BCUT2D eigenvalue weighted by Gasteiger charge is 2.34. The molecule has 0 aromatic heterocycles. The molecule has 1 fully saturated rings. The number of aryl methyl sites for hydroxylation is 2. The number of nitrogens with zero attached hydrogens (tertiary/aromatic N) is 1. The molecule has 26 heavy (non-hydrogen) atoms. The summed E-state index contributed by atoms with van der Waals surface area (Å²) in [7, 11) is 0. The van der Waals surface area contributed by atoms with Gasteiger partial charge in [0.1, 0.15) is 11.6 Å². The molecule has 7 heteroatoms. The molecule has 1 saturated heterocycles. The van der Waals surface area contributed by atoms with Crippen LogP contribution in [0.1, 0.15) is 23.1 Å². The molecule has 0 radical (unpaired) electrons. The third-order valence-electron chi connectivity index (χ3n) is 4.94. The Morgan fingerprint density at radius 2 is 2.08 bits per heavy atom. The maximum atomic E-state index is 13.0. The van der Waals surface area contributed by atoms with Crippen LogP contribution in [0.3, 0.4) is 0 Å². The van der Waals surface area contributed by atoms with Gasteiger partial charge in [0.25, 0.3) is 5.91 Å². The number of hydrogen-bond acceptors (Lipinski definition) is 4. The van der Waals surface area contributed by atoms with Gasteiger partial charge in [-0.2, -0.15) is 0 Å². The molecule has 2 unspecified atom stereocenters. The second-order valence-electron chi connectivity index (χ2n) is 6.92. The van der Waals surface area contributed by atoms with Gasteiger partial charge in [0, 0.05) is 32.7 Å². The van der Waals surface area contributed by atoms with E-state index in [1.165, 1.54) is 5.56 Å². The van der Waals surface area contributed by atoms with Crippen molar-refractivity contribution in [2.45, 2.75) is 38.9 Å². The smallest absolute Gasteiger partial charge is 0.264 e. The van der Waals surface area contributed by atoms with Gasteiger partial charge in [0.15, 0.2) is 6.10 Å².